The van der Waals surface area contributed by atoms with Crippen molar-refractivity contribution in [2.75, 3.05) is 6.54 Å². The van der Waals surface area contributed by atoms with Crippen molar-refractivity contribution >= 4 is 18.3 Å². The van der Waals surface area contributed by atoms with Crippen molar-refractivity contribution in [3.8, 4) is 0 Å². The lowest BCUT2D eigenvalue weighted by Crippen LogP contribution is -2.48. The molecule has 108 valence electrons. The predicted octanol–water partition coefficient (Wildman–Crippen LogP) is 2.88. The van der Waals surface area contributed by atoms with Gasteiger partial charge in [-0.1, -0.05) is 33.1 Å². The van der Waals surface area contributed by atoms with Crippen LogP contribution in [0, 0.1) is 5.92 Å². The molecule has 0 spiro atoms. The van der Waals surface area contributed by atoms with Crippen molar-refractivity contribution in [2.24, 2.45) is 5.92 Å². The summed E-state index contributed by atoms with van der Waals surface area (Å²) in [5.41, 5.74) is 0. The van der Waals surface area contributed by atoms with Gasteiger partial charge in [0, 0.05) is 6.04 Å². The molecule has 1 fully saturated rings. The Labute approximate surface area is 118 Å². The zero-order chi connectivity index (χ0) is 12.7. The van der Waals surface area contributed by atoms with Crippen LogP contribution >= 0.6 is 12.4 Å². The average molecular weight is 277 g/mol. The number of rotatable bonds is 6. The quantitative estimate of drug-likeness (QED) is 0.783. The van der Waals surface area contributed by atoms with E-state index in [2.05, 4.69) is 31.4 Å². The van der Waals surface area contributed by atoms with Crippen molar-refractivity contribution in [1.29, 1.82) is 0 Å². The summed E-state index contributed by atoms with van der Waals surface area (Å²) in [7, 11) is 0. The molecule has 0 aliphatic carbocycles. The molecule has 1 heterocycles. The number of carbonyl (C=O) groups is 1. The highest BCUT2D eigenvalue weighted by Gasteiger charge is 2.21. The summed E-state index contributed by atoms with van der Waals surface area (Å²) < 4.78 is 0. The van der Waals surface area contributed by atoms with Gasteiger partial charge < -0.3 is 10.6 Å². The van der Waals surface area contributed by atoms with Crippen molar-refractivity contribution in [3.63, 3.8) is 0 Å². The Bertz CT molecular complexity index is 228. The highest BCUT2D eigenvalue weighted by molar-refractivity contribution is 5.85. The van der Waals surface area contributed by atoms with E-state index in [0.29, 0.717) is 6.04 Å². The number of carbonyl (C=O) groups excluding carboxylic acids is 1. The van der Waals surface area contributed by atoms with Crippen molar-refractivity contribution in [2.45, 2.75) is 71.4 Å². The van der Waals surface area contributed by atoms with E-state index in [9.17, 15) is 4.79 Å². The molecule has 4 heteroatoms. The fourth-order valence-electron chi connectivity index (χ4n) is 2.32. The number of halogens is 1. The molecule has 2 unspecified atom stereocenters. The van der Waals surface area contributed by atoms with Gasteiger partial charge in [-0.2, -0.15) is 0 Å². The maximum atomic E-state index is 11.9. The van der Waals surface area contributed by atoms with Crippen LogP contribution in [0.3, 0.4) is 0 Å². The maximum Gasteiger partial charge on any atom is 0.237 e. The van der Waals surface area contributed by atoms with E-state index in [4.69, 9.17) is 0 Å². The van der Waals surface area contributed by atoms with E-state index in [1.807, 2.05) is 0 Å². The van der Waals surface area contributed by atoms with Crippen LogP contribution in [0.1, 0.15) is 59.3 Å². The van der Waals surface area contributed by atoms with Gasteiger partial charge in [0.15, 0.2) is 0 Å². The highest BCUT2D eigenvalue weighted by Crippen LogP contribution is 2.10. The second-order valence-electron chi connectivity index (χ2n) is 5.74. The maximum absolute atomic E-state index is 11.9. The number of nitrogens with one attached hydrogen (secondary N) is 2. The molecule has 2 N–H and O–H groups in total. The summed E-state index contributed by atoms with van der Waals surface area (Å²) in [6.45, 7) is 7.59. The molecule has 0 aromatic heterocycles. The zero-order valence-corrected chi connectivity index (χ0v) is 12.8. The van der Waals surface area contributed by atoms with Gasteiger partial charge in [-0.15, -0.1) is 12.4 Å². The molecule has 1 saturated heterocycles. The van der Waals surface area contributed by atoms with Gasteiger partial charge in [-0.05, 0) is 38.6 Å². The third kappa shape index (κ3) is 7.22. The highest BCUT2D eigenvalue weighted by atomic mass is 35.5. The molecule has 0 saturated carbocycles. The molecule has 1 rings (SSSR count). The van der Waals surface area contributed by atoms with Crippen molar-refractivity contribution in [1.82, 2.24) is 10.6 Å². The van der Waals surface area contributed by atoms with Crippen LogP contribution in [-0.2, 0) is 4.79 Å². The number of amides is 1. The van der Waals surface area contributed by atoms with Crippen LogP contribution < -0.4 is 10.6 Å². The van der Waals surface area contributed by atoms with Gasteiger partial charge in [0.25, 0.3) is 0 Å². The summed E-state index contributed by atoms with van der Waals surface area (Å²) in [6, 6.07) is 0.362. The normalized spacial score (nSPS) is 21.2. The molecular formula is C14H29ClN2O. The Morgan fingerprint density at radius 3 is 2.56 bits per heavy atom. The lowest BCUT2D eigenvalue weighted by molar-refractivity contribution is -0.124. The molecule has 1 aliphatic heterocycles. The first-order chi connectivity index (χ1) is 8.09. The van der Waals surface area contributed by atoms with Crippen LogP contribution in [0.4, 0.5) is 0 Å². The summed E-state index contributed by atoms with van der Waals surface area (Å²) in [4.78, 5) is 11.9. The van der Waals surface area contributed by atoms with Gasteiger partial charge in [0.05, 0.1) is 6.04 Å². The Balaban J connectivity index is 0.00000289. The molecule has 18 heavy (non-hydrogen) atoms. The largest absolute Gasteiger partial charge is 0.352 e. The molecule has 0 bridgehead atoms. The summed E-state index contributed by atoms with van der Waals surface area (Å²) in [5.74, 6) is 0.958. The Morgan fingerprint density at radius 1 is 1.28 bits per heavy atom. The van der Waals surface area contributed by atoms with E-state index in [-0.39, 0.29) is 24.4 Å². The minimum atomic E-state index is 0. The second kappa shape index (κ2) is 9.62. The van der Waals surface area contributed by atoms with Gasteiger partial charge in [0.1, 0.15) is 0 Å². The molecule has 1 amide bonds. The average Bonchev–Trinajstić information content (AvgIpc) is 2.29. The van der Waals surface area contributed by atoms with Crippen molar-refractivity contribution in [3.05, 3.63) is 0 Å². The van der Waals surface area contributed by atoms with E-state index in [1.165, 1.54) is 25.7 Å². The predicted molar refractivity (Wildman–Crippen MR) is 79.2 cm³/mol. The first-order valence-electron chi connectivity index (χ1n) is 7.13. The molecule has 0 aromatic carbocycles. The lowest BCUT2D eigenvalue weighted by atomic mass is 10.0. The smallest absolute Gasteiger partial charge is 0.237 e. The minimum Gasteiger partial charge on any atom is -0.352 e. The summed E-state index contributed by atoms with van der Waals surface area (Å²) in [6.07, 6.45) is 6.92. The summed E-state index contributed by atoms with van der Waals surface area (Å²) in [5, 5.41) is 6.41. The van der Waals surface area contributed by atoms with Crippen LogP contribution in [0.2, 0.25) is 0 Å². The van der Waals surface area contributed by atoms with Crippen LogP contribution in [0.15, 0.2) is 0 Å². The van der Waals surface area contributed by atoms with Gasteiger partial charge in [0.2, 0.25) is 5.91 Å². The third-order valence-electron chi connectivity index (χ3n) is 3.43. The Kier molecular flexibility index (Phi) is 9.47. The van der Waals surface area contributed by atoms with E-state index in [1.54, 1.807) is 0 Å². The van der Waals surface area contributed by atoms with E-state index >= 15 is 0 Å². The molecule has 0 radical (unpaired) electrons. The fraction of sp³-hybridized carbons (Fsp3) is 0.929. The van der Waals surface area contributed by atoms with Gasteiger partial charge >= 0.3 is 0 Å². The molecule has 1 aliphatic rings. The van der Waals surface area contributed by atoms with Crippen LogP contribution in [0.25, 0.3) is 0 Å². The SMILES string of the molecule is CC(C)CCCC(C)NC(=O)C1CCCCN1.Cl. The van der Waals surface area contributed by atoms with Crippen LogP contribution in [0.5, 0.6) is 0 Å². The van der Waals surface area contributed by atoms with E-state index in [0.717, 1.165) is 25.3 Å². The summed E-state index contributed by atoms with van der Waals surface area (Å²) >= 11 is 0. The van der Waals surface area contributed by atoms with Gasteiger partial charge in [-0.3, -0.25) is 4.79 Å². The van der Waals surface area contributed by atoms with Crippen LogP contribution in [-0.4, -0.2) is 24.5 Å². The zero-order valence-electron chi connectivity index (χ0n) is 12.0. The number of piperidine rings is 1. The second-order valence-corrected chi connectivity index (χ2v) is 5.74. The first kappa shape index (κ1) is 17.7. The number of hydrogen-bond donors (Lipinski definition) is 2. The monoisotopic (exact) mass is 276 g/mol. The molecule has 3 nitrogen and oxygen atoms in total. The molecule has 2 atom stereocenters. The standard InChI is InChI=1S/C14H28N2O.ClH/c1-11(2)7-6-8-12(3)16-14(17)13-9-4-5-10-15-13;/h11-13,15H,4-10H2,1-3H3,(H,16,17);1H. The fourth-order valence-corrected chi connectivity index (χ4v) is 2.32. The minimum absolute atomic E-state index is 0. The van der Waals surface area contributed by atoms with Gasteiger partial charge in [-0.25, -0.2) is 0 Å². The Hall–Kier alpha value is -0.280. The molecular weight excluding hydrogens is 248 g/mol. The first-order valence-corrected chi connectivity index (χ1v) is 7.13. The topological polar surface area (TPSA) is 41.1 Å². The van der Waals surface area contributed by atoms with E-state index < -0.39 is 0 Å². The third-order valence-corrected chi connectivity index (χ3v) is 3.43. The molecule has 0 aromatic rings. The van der Waals surface area contributed by atoms with Crippen molar-refractivity contribution < 1.29 is 4.79 Å². The number of hydrogen-bond acceptors (Lipinski definition) is 2. The lowest BCUT2D eigenvalue weighted by Gasteiger charge is -2.24. The Morgan fingerprint density at radius 2 is 2.00 bits per heavy atom.